The number of hydrogen-bond donors (Lipinski definition) is 0. The van der Waals surface area contributed by atoms with Gasteiger partial charge in [0.05, 0.1) is 26.2 Å². The van der Waals surface area contributed by atoms with Crippen LogP contribution in [0.2, 0.25) is 0 Å². The molecule has 5 heteroatoms. The first kappa shape index (κ1) is 17.2. The van der Waals surface area contributed by atoms with E-state index >= 15 is 0 Å². The van der Waals surface area contributed by atoms with Crippen LogP contribution in [0.5, 0.6) is 5.75 Å². The van der Waals surface area contributed by atoms with Gasteiger partial charge in [0.25, 0.3) is 0 Å². The Kier molecular flexibility index (Phi) is 8.10. The topological polar surface area (TPSA) is 44.8 Å². The molecule has 0 spiro atoms. The second kappa shape index (κ2) is 9.92. The molecule has 4 nitrogen and oxygen atoms in total. The van der Waals surface area contributed by atoms with E-state index < -0.39 is 11.8 Å². The Morgan fingerprint density at radius 2 is 2.05 bits per heavy atom. The summed E-state index contributed by atoms with van der Waals surface area (Å²) in [6, 6.07) is 4.55. The molecule has 0 bridgehead atoms. The average Bonchev–Trinajstić information content (AvgIpc) is 2.48. The fourth-order valence-corrected chi connectivity index (χ4v) is 1.53. The van der Waals surface area contributed by atoms with Crippen LogP contribution in [0.4, 0.5) is 4.39 Å². The van der Waals surface area contributed by atoms with Crippen molar-refractivity contribution in [2.45, 2.75) is 19.8 Å². The molecule has 0 aromatic heterocycles. The minimum absolute atomic E-state index is 0.0457. The third kappa shape index (κ3) is 6.89. The van der Waals surface area contributed by atoms with Crippen molar-refractivity contribution >= 4 is 5.97 Å². The number of rotatable bonds is 9. The molecule has 0 amide bonds. The van der Waals surface area contributed by atoms with Gasteiger partial charge in [0, 0.05) is 0 Å². The normalized spacial score (nSPS) is 10.1. The van der Waals surface area contributed by atoms with Crippen LogP contribution in [0, 0.1) is 18.2 Å². The van der Waals surface area contributed by atoms with Crippen LogP contribution in [0.25, 0.3) is 0 Å². The molecule has 0 aliphatic rings. The van der Waals surface area contributed by atoms with Gasteiger partial charge >= 0.3 is 5.97 Å². The van der Waals surface area contributed by atoms with E-state index in [-0.39, 0.29) is 25.4 Å². The highest BCUT2D eigenvalue weighted by molar-refractivity contribution is 5.72. The number of carbonyl (C=O) groups excluding carboxylic acids is 1. The van der Waals surface area contributed by atoms with Crippen LogP contribution in [0.15, 0.2) is 18.2 Å². The molecule has 21 heavy (non-hydrogen) atoms. The van der Waals surface area contributed by atoms with E-state index in [1.54, 1.807) is 6.07 Å². The van der Waals surface area contributed by atoms with Gasteiger partial charge in [-0.2, -0.15) is 0 Å². The Balaban J connectivity index is 2.23. The van der Waals surface area contributed by atoms with Crippen molar-refractivity contribution in [1.29, 1.82) is 0 Å². The molecule has 1 rings (SSSR count). The zero-order valence-corrected chi connectivity index (χ0v) is 12.1. The van der Waals surface area contributed by atoms with Crippen molar-refractivity contribution < 1.29 is 23.4 Å². The maximum atomic E-state index is 13.6. The summed E-state index contributed by atoms with van der Waals surface area (Å²) in [4.78, 5) is 11.5. The van der Waals surface area contributed by atoms with Crippen LogP contribution < -0.4 is 4.74 Å². The van der Waals surface area contributed by atoms with Crippen molar-refractivity contribution in [3.05, 3.63) is 29.6 Å². The van der Waals surface area contributed by atoms with Crippen LogP contribution in [-0.4, -0.2) is 32.4 Å². The maximum absolute atomic E-state index is 13.6. The second-order valence-corrected chi connectivity index (χ2v) is 4.21. The molecule has 0 radical (unpaired) electrons. The quantitative estimate of drug-likeness (QED) is 0.303. The molecule has 1 aromatic carbocycles. The van der Waals surface area contributed by atoms with Crippen molar-refractivity contribution in [1.82, 2.24) is 0 Å². The van der Waals surface area contributed by atoms with Gasteiger partial charge in [-0.25, -0.2) is 4.39 Å². The summed E-state index contributed by atoms with van der Waals surface area (Å²) in [5.74, 6) is 1.19. The van der Waals surface area contributed by atoms with E-state index in [9.17, 15) is 9.18 Å². The predicted molar refractivity (Wildman–Crippen MR) is 76.5 cm³/mol. The molecule has 0 fully saturated rings. The molecule has 0 aliphatic heterocycles. The third-order valence-electron chi connectivity index (χ3n) is 2.64. The summed E-state index contributed by atoms with van der Waals surface area (Å²) in [6.45, 7) is 3.05. The monoisotopic (exact) mass is 294 g/mol. The lowest BCUT2D eigenvalue weighted by Crippen LogP contribution is -2.13. The minimum Gasteiger partial charge on any atom is -0.423 e. The lowest BCUT2D eigenvalue weighted by atomic mass is 10.1. The second-order valence-electron chi connectivity index (χ2n) is 4.21. The molecule has 0 aliphatic carbocycles. The van der Waals surface area contributed by atoms with Gasteiger partial charge in [-0.05, 0) is 24.1 Å². The predicted octanol–water partition coefficient (Wildman–Crippen LogP) is 2.35. The maximum Gasteiger partial charge on any atom is 0.313 e. The smallest absolute Gasteiger partial charge is 0.313 e. The van der Waals surface area contributed by atoms with Crippen LogP contribution >= 0.6 is 0 Å². The Bertz CT molecular complexity index is 494. The molecular formula is C16H19FO4. The van der Waals surface area contributed by atoms with Crippen molar-refractivity contribution in [2.75, 3.05) is 26.4 Å². The van der Waals surface area contributed by atoms with Gasteiger partial charge in [-0.1, -0.05) is 18.9 Å². The molecule has 114 valence electrons. The van der Waals surface area contributed by atoms with Crippen LogP contribution in [-0.2, 0) is 20.7 Å². The number of terminal acetylenes is 1. The SMILES string of the molecule is C#CCOCCOCCC(=O)Oc1ccc(CC)cc1F. The zero-order valence-electron chi connectivity index (χ0n) is 12.1. The number of esters is 1. The average molecular weight is 294 g/mol. The molecule has 0 N–H and O–H groups in total. The highest BCUT2D eigenvalue weighted by Crippen LogP contribution is 2.19. The summed E-state index contributed by atoms with van der Waals surface area (Å²) in [7, 11) is 0. The fourth-order valence-electron chi connectivity index (χ4n) is 1.53. The summed E-state index contributed by atoms with van der Waals surface area (Å²) in [5.41, 5.74) is 0.850. The standard InChI is InChI=1S/C16H19FO4/c1-3-8-19-10-11-20-9-7-16(18)21-15-6-5-13(4-2)12-14(15)17/h1,5-6,12H,4,7-11H2,2H3. The highest BCUT2D eigenvalue weighted by Gasteiger charge is 2.09. The summed E-state index contributed by atoms with van der Waals surface area (Å²) < 4.78 is 28.7. The van der Waals surface area contributed by atoms with Crippen LogP contribution in [0.3, 0.4) is 0 Å². The summed E-state index contributed by atoms with van der Waals surface area (Å²) in [5, 5.41) is 0. The molecule has 0 unspecified atom stereocenters. The van der Waals surface area contributed by atoms with E-state index in [0.717, 1.165) is 12.0 Å². The lowest BCUT2D eigenvalue weighted by Gasteiger charge is -2.07. The van der Waals surface area contributed by atoms with Gasteiger partial charge in [-0.3, -0.25) is 4.79 Å². The largest absolute Gasteiger partial charge is 0.423 e. The fraction of sp³-hybridized carbons (Fsp3) is 0.438. The summed E-state index contributed by atoms with van der Waals surface area (Å²) in [6.07, 6.45) is 5.77. The van der Waals surface area contributed by atoms with E-state index in [1.165, 1.54) is 12.1 Å². The summed E-state index contributed by atoms with van der Waals surface area (Å²) >= 11 is 0. The first-order valence-electron chi connectivity index (χ1n) is 6.75. The minimum atomic E-state index is -0.539. The number of aryl methyl sites for hydroxylation is 1. The first-order chi connectivity index (χ1) is 10.2. The number of benzene rings is 1. The van der Waals surface area contributed by atoms with Gasteiger partial charge in [0.15, 0.2) is 11.6 Å². The van der Waals surface area contributed by atoms with E-state index in [1.807, 2.05) is 6.92 Å². The lowest BCUT2D eigenvalue weighted by molar-refractivity contribution is -0.135. The first-order valence-corrected chi connectivity index (χ1v) is 6.75. The Hall–Kier alpha value is -1.90. The van der Waals surface area contributed by atoms with Gasteiger partial charge < -0.3 is 14.2 Å². The zero-order chi connectivity index (χ0) is 15.5. The van der Waals surface area contributed by atoms with Gasteiger partial charge in [0.2, 0.25) is 0 Å². The number of ether oxygens (including phenoxy) is 3. The van der Waals surface area contributed by atoms with E-state index in [2.05, 4.69) is 5.92 Å². The Morgan fingerprint density at radius 1 is 1.29 bits per heavy atom. The highest BCUT2D eigenvalue weighted by atomic mass is 19.1. The number of carbonyl (C=O) groups is 1. The molecule has 0 saturated carbocycles. The van der Waals surface area contributed by atoms with Crippen molar-refractivity contribution in [2.24, 2.45) is 0 Å². The number of halogens is 1. The number of hydrogen-bond acceptors (Lipinski definition) is 4. The van der Waals surface area contributed by atoms with Crippen molar-refractivity contribution in [3.8, 4) is 18.1 Å². The Morgan fingerprint density at radius 3 is 2.71 bits per heavy atom. The third-order valence-corrected chi connectivity index (χ3v) is 2.64. The molecule has 0 saturated heterocycles. The van der Waals surface area contributed by atoms with E-state index in [4.69, 9.17) is 20.6 Å². The van der Waals surface area contributed by atoms with Crippen molar-refractivity contribution in [3.63, 3.8) is 0 Å². The Labute approximate surface area is 124 Å². The molecule has 0 atom stereocenters. The van der Waals surface area contributed by atoms with Crippen LogP contribution in [0.1, 0.15) is 18.9 Å². The van der Waals surface area contributed by atoms with Gasteiger partial charge in [-0.15, -0.1) is 6.42 Å². The van der Waals surface area contributed by atoms with Gasteiger partial charge in [0.1, 0.15) is 6.61 Å². The molecule has 0 heterocycles. The molecule has 1 aromatic rings. The molecular weight excluding hydrogens is 275 g/mol. The van der Waals surface area contributed by atoms with E-state index in [0.29, 0.717) is 13.2 Å².